The lowest BCUT2D eigenvalue weighted by atomic mass is 10.0. The number of carbonyl (C=O) groups is 1. The summed E-state index contributed by atoms with van der Waals surface area (Å²) in [6, 6.07) is 9.08. The van der Waals surface area contributed by atoms with Gasteiger partial charge in [0.15, 0.2) is 11.4 Å². The molecule has 0 spiro atoms. The number of rotatable bonds is 4. The first-order valence-electron chi connectivity index (χ1n) is 7.80. The topological polar surface area (TPSA) is 56.1 Å². The summed E-state index contributed by atoms with van der Waals surface area (Å²) < 4.78 is 45.9. The van der Waals surface area contributed by atoms with Crippen molar-refractivity contribution in [3.8, 4) is 16.9 Å². The molecule has 28 heavy (non-hydrogen) atoms. The summed E-state index contributed by atoms with van der Waals surface area (Å²) in [4.78, 5) is 12.2. The number of amides is 1. The van der Waals surface area contributed by atoms with Crippen LogP contribution in [-0.4, -0.2) is 15.9 Å². The maximum Gasteiger partial charge on any atom is 0.417 e. The lowest BCUT2D eigenvalue weighted by Gasteiger charge is -2.14. The lowest BCUT2D eigenvalue weighted by Crippen LogP contribution is -2.18. The number of aryl methyl sites for hydroxylation is 1. The SMILES string of the molecule is Cn1cc(OC(=O)Nc2c(-c3ccc(Cl)cc3)ccc(F)c2Cl)c(C(F)F)n1. The number of anilines is 1. The summed E-state index contributed by atoms with van der Waals surface area (Å²) in [7, 11) is 1.40. The van der Waals surface area contributed by atoms with Crippen molar-refractivity contribution in [1.82, 2.24) is 9.78 Å². The normalized spacial score (nSPS) is 11.0. The molecule has 3 aromatic rings. The molecule has 0 aliphatic carbocycles. The van der Waals surface area contributed by atoms with Crippen LogP contribution in [-0.2, 0) is 7.05 Å². The number of ether oxygens (including phenoxy) is 1. The molecule has 5 nitrogen and oxygen atoms in total. The predicted octanol–water partition coefficient (Wildman–Crippen LogP) is 6.08. The van der Waals surface area contributed by atoms with Gasteiger partial charge in [-0.25, -0.2) is 18.0 Å². The van der Waals surface area contributed by atoms with Crippen LogP contribution in [0.2, 0.25) is 10.0 Å². The summed E-state index contributed by atoms with van der Waals surface area (Å²) >= 11 is 11.9. The first kappa shape index (κ1) is 20.0. The van der Waals surface area contributed by atoms with Crippen molar-refractivity contribution in [1.29, 1.82) is 0 Å². The van der Waals surface area contributed by atoms with Gasteiger partial charge in [-0.1, -0.05) is 35.3 Å². The van der Waals surface area contributed by atoms with Crippen LogP contribution in [0.3, 0.4) is 0 Å². The fourth-order valence-corrected chi connectivity index (χ4v) is 2.82. The van der Waals surface area contributed by atoms with Crippen molar-refractivity contribution < 1.29 is 22.7 Å². The van der Waals surface area contributed by atoms with E-state index in [9.17, 15) is 18.0 Å². The van der Waals surface area contributed by atoms with Gasteiger partial charge in [0.05, 0.1) is 11.9 Å². The van der Waals surface area contributed by atoms with Crippen LogP contribution >= 0.6 is 23.2 Å². The number of hydrogen-bond donors (Lipinski definition) is 1. The molecule has 0 atom stereocenters. The number of alkyl halides is 2. The fraction of sp³-hybridized carbons (Fsp3) is 0.111. The van der Waals surface area contributed by atoms with Gasteiger partial charge < -0.3 is 4.74 Å². The Hall–Kier alpha value is -2.71. The fourth-order valence-electron chi connectivity index (χ4n) is 2.48. The molecule has 1 amide bonds. The minimum absolute atomic E-state index is 0.0727. The zero-order chi connectivity index (χ0) is 20.4. The Morgan fingerprint density at radius 1 is 1.18 bits per heavy atom. The molecule has 0 saturated carbocycles. The van der Waals surface area contributed by atoms with Gasteiger partial charge in [-0.3, -0.25) is 10.00 Å². The van der Waals surface area contributed by atoms with Crippen molar-refractivity contribution in [2.24, 2.45) is 7.05 Å². The zero-order valence-corrected chi connectivity index (χ0v) is 15.7. The molecule has 0 aliphatic rings. The summed E-state index contributed by atoms with van der Waals surface area (Å²) in [6.07, 6.45) is -2.95. The number of halogens is 5. The molecule has 10 heteroatoms. The summed E-state index contributed by atoms with van der Waals surface area (Å²) in [5, 5.41) is 5.98. The van der Waals surface area contributed by atoms with E-state index >= 15 is 0 Å². The molecule has 1 heterocycles. The van der Waals surface area contributed by atoms with E-state index in [4.69, 9.17) is 27.9 Å². The number of hydrogen-bond acceptors (Lipinski definition) is 3. The molecule has 0 saturated heterocycles. The number of aromatic nitrogens is 2. The average molecular weight is 430 g/mol. The van der Waals surface area contributed by atoms with E-state index in [0.29, 0.717) is 16.1 Å². The van der Waals surface area contributed by atoms with Crippen LogP contribution in [0, 0.1) is 5.82 Å². The van der Waals surface area contributed by atoms with E-state index in [1.54, 1.807) is 24.3 Å². The molecule has 3 rings (SSSR count). The van der Waals surface area contributed by atoms with Crippen molar-refractivity contribution in [3.05, 3.63) is 64.2 Å². The van der Waals surface area contributed by atoms with Gasteiger partial charge >= 0.3 is 6.09 Å². The van der Waals surface area contributed by atoms with Crippen LogP contribution in [0.4, 0.5) is 23.7 Å². The van der Waals surface area contributed by atoms with Gasteiger partial charge in [0, 0.05) is 17.6 Å². The largest absolute Gasteiger partial charge is 0.417 e. The third-order valence-corrected chi connectivity index (χ3v) is 4.33. The Bertz CT molecular complexity index is 1020. The van der Waals surface area contributed by atoms with Crippen molar-refractivity contribution in [2.75, 3.05) is 5.32 Å². The second kappa shape index (κ2) is 8.12. The highest BCUT2D eigenvalue weighted by atomic mass is 35.5. The van der Waals surface area contributed by atoms with Crippen LogP contribution in [0.25, 0.3) is 11.1 Å². The van der Waals surface area contributed by atoms with Gasteiger partial charge in [-0.15, -0.1) is 0 Å². The molecule has 0 bridgehead atoms. The number of nitrogens with one attached hydrogen (secondary N) is 1. The highest BCUT2D eigenvalue weighted by molar-refractivity contribution is 6.34. The molecule has 146 valence electrons. The lowest BCUT2D eigenvalue weighted by molar-refractivity contribution is 0.141. The third kappa shape index (κ3) is 4.23. The molecule has 2 aromatic carbocycles. The second-order valence-corrected chi connectivity index (χ2v) is 6.47. The Balaban J connectivity index is 1.92. The Kier molecular flexibility index (Phi) is 5.81. The predicted molar refractivity (Wildman–Crippen MR) is 99.7 cm³/mol. The maximum absolute atomic E-state index is 13.9. The van der Waals surface area contributed by atoms with Crippen molar-refractivity contribution in [3.63, 3.8) is 0 Å². The standard InChI is InChI=1S/C18H12Cl2F3N3O2/c1-26-8-13(16(25-26)17(22)23)28-18(27)24-15-11(6-7-12(21)14(15)20)9-2-4-10(19)5-3-9/h2-8,17H,1H3,(H,24,27). The van der Waals surface area contributed by atoms with E-state index in [1.165, 1.54) is 13.1 Å². The first-order chi connectivity index (χ1) is 13.3. The first-order valence-corrected chi connectivity index (χ1v) is 8.56. The van der Waals surface area contributed by atoms with E-state index in [-0.39, 0.29) is 10.7 Å². The molecule has 0 unspecified atom stereocenters. The number of nitrogens with zero attached hydrogens (tertiary/aromatic N) is 2. The number of benzene rings is 2. The van der Waals surface area contributed by atoms with Gasteiger partial charge in [0.2, 0.25) is 0 Å². The van der Waals surface area contributed by atoms with Crippen LogP contribution in [0.1, 0.15) is 12.1 Å². The van der Waals surface area contributed by atoms with E-state index in [1.807, 2.05) is 0 Å². The maximum atomic E-state index is 13.9. The Morgan fingerprint density at radius 3 is 2.50 bits per heavy atom. The quantitative estimate of drug-likeness (QED) is 0.546. The minimum atomic E-state index is -2.94. The summed E-state index contributed by atoms with van der Waals surface area (Å²) in [6.45, 7) is 0. The Labute approximate surface area is 167 Å². The number of carbonyl (C=O) groups excluding carboxylic acids is 1. The molecular weight excluding hydrogens is 418 g/mol. The Morgan fingerprint density at radius 2 is 1.86 bits per heavy atom. The highest BCUT2D eigenvalue weighted by Gasteiger charge is 2.23. The van der Waals surface area contributed by atoms with Gasteiger partial charge in [0.25, 0.3) is 6.43 Å². The third-order valence-electron chi connectivity index (χ3n) is 3.71. The van der Waals surface area contributed by atoms with E-state index < -0.39 is 29.8 Å². The van der Waals surface area contributed by atoms with E-state index in [0.717, 1.165) is 16.9 Å². The molecule has 0 fully saturated rings. The van der Waals surface area contributed by atoms with Gasteiger partial charge in [-0.05, 0) is 29.8 Å². The van der Waals surface area contributed by atoms with Crippen molar-refractivity contribution in [2.45, 2.75) is 6.43 Å². The molecule has 0 radical (unpaired) electrons. The average Bonchev–Trinajstić information content (AvgIpc) is 3.00. The van der Waals surface area contributed by atoms with Crippen molar-refractivity contribution >= 4 is 35.0 Å². The monoisotopic (exact) mass is 429 g/mol. The summed E-state index contributed by atoms with van der Waals surface area (Å²) in [5.74, 6) is -1.19. The van der Waals surface area contributed by atoms with Crippen LogP contribution in [0.15, 0.2) is 42.6 Å². The van der Waals surface area contributed by atoms with Crippen LogP contribution in [0.5, 0.6) is 5.75 Å². The van der Waals surface area contributed by atoms with Gasteiger partial charge in [0.1, 0.15) is 10.8 Å². The minimum Gasteiger partial charge on any atom is -0.406 e. The molecule has 0 aliphatic heterocycles. The smallest absolute Gasteiger partial charge is 0.406 e. The molecule has 1 aromatic heterocycles. The van der Waals surface area contributed by atoms with E-state index in [2.05, 4.69) is 10.4 Å². The molecular formula is C18H12Cl2F3N3O2. The van der Waals surface area contributed by atoms with Gasteiger partial charge in [-0.2, -0.15) is 5.10 Å². The highest BCUT2D eigenvalue weighted by Crippen LogP contribution is 2.37. The summed E-state index contributed by atoms with van der Waals surface area (Å²) in [5.41, 5.74) is 0.217. The van der Waals surface area contributed by atoms with Crippen LogP contribution < -0.4 is 10.1 Å². The molecule has 1 N–H and O–H groups in total. The second-order valence-electron chi connectivity index (χ2n) is 5.66. The zero-order valence-electron chi connectivity index (χ0n) is 14.2.